The molecule has 2 heterocycles. The number of aliphatic hydroxyl groups is 1. The molecule has 6 heteroatoms. The number of nitrogens with zero attached hydrogens (tertiary/aromatic N) is 2. The average molecular weight is 374 g/mol. The van der Waals surface area contributed by atoms with Crippen LogP contribution in [0.3, 0.4) is 0 Å². The van der Waals surface area contributed by atoms with Gasteiger partial charge in [-0.25, -0.2) is 4.39 Å². The van der Waals surface area contributed by atoms with E-state index >= 15 is 0 Å². The predicted molar refractivity (Wildman–Crippen MR) is 100 cm³/mol. The van der Waals surface area contributed by atoms with Gasteiger partial charge >= 0.3 is 0 Å². The molecule has 0 aliphatic carbocycles. The van der Waals surface area contributed by atoms with Crippen LogP contribution in [0.15, 0.2) is 40.8 Å². The van der Waals surface area contributed by atoms with Crippen molar-refractivity contribution in [3.8, 4) is 0 Å². The Labute approximate surface area is 159 Å². The van der Waals surface area contributed by atoms with Crippen LogP contribution in [0, 0.1) is 11.7 Å². The van der Waals surface area contributed by atoms with E-state index in [1.54, 1.807) is 18.2 Å². The lowest BCUT2D eigenvalue weighted by atomic mass is 10.0. The molecule has 1 amide bonds. The SMILES string of the molecule is CC(C)[C@H]1CN(Cc2ccc(CO)o2)CCC(=O)N1Cc1ccc(F)cc1. The maximum Gasteiger partial charge on any atom is 0.224 e. The Hall–Kier alpha value is -2.18. The second kappa shape index (κ2) is 8.67. The van der Waals surface area contributed by atoms with Gasteiger partial charge in [-0.3, -0.25) is 9.69 Å². The molecule has 1 aromatic heterocycles. The van der Waals surface area contributed by atoms with E-state index in [0.717, 1.165) is 17.9 Å². The number of rotatable bonds is 6. The lowest BCUT2D eigenvalue weighted by Gasteiger charge is -2.34. The Kier molecular flexibility index (Phi) is 6.29. The highest BCUT2D eigenvalue weighted by atomic mass is 19.1. The molecule has 3 rings (SSSR count). The zero-order valence-corrected chi connectivity index (χ0v) is 15.9. The van der Waals surface area contributed by atoms with E-state index in [1.165, 1.54) is 12.1 Å². The fraction of sp³-hybridized carbons (Fsp3) is 0.476. The van der Waals surface area contributed by atoms with Gasteiger partial charge in [0, 0.05) is 32.1 Å². The summed E-state index contributed by atoms with van der Waals surface area (Å²) in [6.07, 6.45) is 0.442. The van der Waals surface area contributed by atoms with Crippen LogP contribution in [0.2, 0.25) is 0 Å². The van der Waals surface area contributed by atoms with Crippen LogP contribution < -0.4 is 0 Å². The molecule has 1 N–H and O–H groups in total. The van der Waals surface area contributed by atoms with Crippen LogP contribution in [-0.2, 0) is 24.5 Å². The molecule has 1 aromatic carbocycles. The Balaban J connectivity index is 1.74. The quantitative estimate of drug-likeness (QED) is 0.844. The van der Waals surface area contributed by atoms with Gasteiger partial charge in [-0.1, -0.05) is 26.0 Å². The first kappa shape index (κ1) is 19.6. The summed E-state index contributed by atoms with van der Waals surface area (Å²) in [7, 11) is 0. The van der Waals surface area contributed by atoms with Crippen molar-refractivity contribution in [1.29, 1.82) is 0 Å². The zero-order chi connectivity index (χ0) is 19.4. The van der Waals surface area contributed by atoms with Gasteiger partial charge in [-0.05, 0) is 35.7 Å². The number of halogens is 1. The highest BCUT2D eigenvalue weighted by Crippen LogP contribution is 2.22. The van der Waals surface area contributed by atoms with Crippen LogP contribution in [-0.4, -0.2) is 39.9 Å². The summed E-state index contributed by atoms with van der Waals surface area (Å²) < 4.78 is 18.8. The van der Waals surface area contributed by atoms with Crippen LogP contribution in [0.4, 0.5) is 4.39 Å². The van der Waals surface area contributed by atoms with E-state index in [1.807, 2.05) is 11.0 Å². The third-order valence-corrected chi connectivity index (χ3v) is 5.10. The number of hydrogen-bond donors (Lipinski definition) is 1. The van der Waals surface area contributed by atoms with Gasteiger partial charge in [0.1, 0.15) is 23.9 Å². The summed E-state index contributed by atoms with van der Waals surface area (Å²) in [5.41, 5.74) is 0.933. The van der Waals surface area contributed by atoms with E-state index in [9.17, 15) is 9.18 Å². The minimum Gasteiger partial charge on any atom is -0.462 e. The molecule has 0 radical (unpaired) electrons. The van der Waals surface area contributed by atoms with Crippen LogP contribution in [0.1, 0.15) is 37.4 Å². The predicted octanol–water partition coefficient (Wildman–Crippen LogP) is 3.17. The van der Waals surface area contributed by atoms with Gasteiger partial charge in [-0.2, -0.15) is 0 Å². The molecular formula is C21H27FN2O3. The highest BCUT2D eigenvalue weighted by molar-refractivity contribution is 5.77. The lowest BCUT2D eigenvalue weighted by molar-refractivity contribution is -0.134. The number of benzene rings is 1. The Morgan fingerprint density at radius 1 is 1.15 bits per heavy atom. The van der Waals surface area contributed by atoms with Gasteiger partial charge in [0.15, 0.2) is 0 Å². The first-order chi connectivity index (χ1) is 13.0. The van der Waals surface area contributed by atoms with Crippen LogP contribution >= 0.6 is 0 Å². The minimum atomic E-state index is -0.270. The molecular weight excluding hydrogens is 347 g/mol. The Bertz CT molecular complexity index is 757. The minimum absolute atomic E-state index is 0.0670. The highest BCUT2D eigenvalue weighted by Gasteiger charge is 2.32. The Morgan fingerprint density at radius 3 is 2.48 bits per heavy atom. The van der Waals surface area contributed by atoms with E-state index in [-0.39, 0.29) is 24.4 Å². The van der Waals surface area contributed by atoms with Crippen LogP contribution in [0.5, 0.6) is 0 Å². The normalized spacial score (nSPS) is 18.9. The molecule has 27 heavy (non-hydrogen) atoms. The molecule has 1 fully saturated rings. The second-order valence-corrected chi connectivity index (χ2v) is 7.47. The van der Waals surface area contributed by atoms with Crippen molar-refractivity contribution in [3.63, 3.8) is 0 Å². The number of aliphatic hydroxyl groups excluding tert-OH is 1. The summed E-state index contributed by atoms with van der Waals surface area (Å²) in [5, 5.41) is 9.16. The van der Waals surface area contributed by atoms with Crippen molar-refractivity contribution in [2.75, 3.05) is 13.1 Å². The molecule has 1 aliphatic heterocycles. The van der Waals surface area contributed by atoms with Crippen molar-refractivity contribution >= 4 is 5.91 Å². The van der Waals surface area contributed by atoms with Crippen molar-refractivity contribution < 1.29 is 18.7 Å². The first-order valence-electron chi connectivity index (χ1n) is 9.41. The van der Waals surface area contributed by atoms with Gasteiger partial charge in [0.2, 0.25) is 5.91 Å². The number of amides is 1. The number of furan rings is 1. The van der Waals surface area contributed by atoms with E-state index in [4.69, 9.17) is 9.52 Å². The fourth-order valence-electron chi connectivity index (χ4n) is 3.56. The smallest absolute Gasteiger partial charge is 0.224 e. The molecule has 2 aromatic rings. The summed E-state index contributed by atoms with van der Waals surface area (Å²) in [6, 6.07) is 10.1. The van der Waals surface area contributed by atoms with E-state index < -0.39 is 0 Å². The Morgan fingerprint density at radius 2 is 1.85 bits per heavy atom. The summed E-state index contributed by atoms with van der Waals surface area (Å²) in [6.45, 7) is 6.65. The van der Waals surface area contributed by atoms with Crippen molar-refractivity contribution in [2.24, 2.45) is 5.92 Å². The van der Waals surface area contributed by atoms with Gasteiger partial charge < -0.3 is 14.4 Å². The van der Waals surface area contributed by atoms with Crippen LogP contribution in [0.25, 0.3) is 0 Å². The number of hydrogen-bond acceptors (Lipinski definition) is 4. The molecule has 0 saturated carbocycles. The molecule has 5 nitrogen and oxygen atoms in total. The number of carbonyl (C=O) groups excluding carboxylic acids is 1. The molecule has 0 spiro atoms. The first-order valence-corrected chi connectivity index (χ1v) is 9.41. The third-order valence-electron chi connectivity index (χ3n) is 5.10. The van der Waals surface area contributed by atoms with Crippen molar-refractivity contribution in [1.82, 2.24) is 9.80 Å². The van der Waals surface area contributed by atoms with Crippen molar-refractivity contribution in [3.05, 3.63) is 59.3 Å². The third kappa shape index (κ3) is 4.96. The largest absolute Gasteiger partial charge is 0.462 e. The molecule has 1 aliphatic rings. The second-order valence-electron chi connectivity index (χ2n) is 7.47. The molecule has 1 saturated heterocycles. The van der Waals surface area contributed by atoms with Crippen molar-refractivity contribution in [2.45, 2.75) is 46.0 Å². The summed E-state index contributed by atoms with van der Waals surface area (Å²) >= 11 is 0. The standard InChI is InChI=1S/C21H27FN2O3/c1-15(2)20-13-23(12-18-7-8-19(14-25)27-18)10-9-21(26)24(20)11-16-3-5-17(22)6-4-16/h3-8,15,20,25H,9-14H2,1-2H3/t20-/m1/s1. The van der Waals surface area contributed by atoms with Gasteiger partial charge in [0.05, 0.1) is 6.54 Å². The van der Waals surface area contributed by atoms with Gasteiger partial charge in [0.25, 0.3) is 0 Å². The maximum atomic E-state index is 13.2. The number of carbonyl (C=O) groups is 1. The lowest BCUT2D eigenvalue weighted by Crippen LogP contribution is -2.45. The average Bonchev–Trinajstić information content (AvgIpc) is 3.04. The van der Waals surface area contributed by atoms with E-state index in [0.29, 0.717) is 37.7 Å². The topological polar surface area (TPSA) is 56.9 Å². The van der Waals surface area contributed by atoms with E-state index in [2.05, 4.69) is 18.7 Å². The summed E-state index contributed by atoms with van der Waals surface area (Å²) in [4.78, 5) is 17.0. The monoisotopic (exact) mass is 374 g/mol. The molecule has 1 atom stereocenters. The fourth-order valence-corrected chi connectivity index (χ4v) is 3.56. The molecule has 0 unspecified atom stereocenters. The summed E-state index contributed by atoms with van der Waals surface area (Å²) in [5.74, 6) is 1.49. The zero-order valence-electron chi connectivity index (χ0n) is 15.9. The maximum absolute atomic E-state index is 13.2. The van der Waals surface area contributed by atoms with Gasteiger partial charge in [-0.15, -0.1) is 0 Å². The molecule has 146 valence electrons. The molecule has 0 bridgehead atoms.